The molecule has 0 aromatic carbocycles. The molecule has 1 aliphatic rings. The first-order chi connectivity index (χ1) is 7.44. The molecule has 0 bridgehead atoms. The summed E-state index contributed by atoms with van der Waals surface area (Å²) >= 11 is 0. The first-order valence-electron chi connectivity index (χ1n) is 6.03. The number of hydrogen-bond acceptors (Lipinski definition) is 3. The molecule has 1 aromatic heterocycles. The van der Waals surface area contributed by atoms with E-state index in [4.69, 9.17) is 0 Å². The maximum atomic E-state index is 10.5. The van der Waals surface area contributed by atoms with Crippen molar-refractivity contribution in [1.82, 2.24) is 14.8 Å². The Bertz CT molecular complexity index is 372. The van der Waals surface area contributed by atoms with Gasteiger partial charge in [-0.05, 0) is 31.6 Å². The molecule has 0 amide bonds. The molecule has 1 saturated carbocycles. The lowest BCUT2D eigenvalue weighted by molar-refractivity contribution is 0.0349. The van der Waals surface area contributed by atoms with Gasteiger partial charge in [-0.3, -0.25) is 4.68 Å². The summed E-state index contributed by atoms with van der Waals surface area (Å²) in [6.07, 6.45) is 5.02. The molecule has 90 valence electrons. The van der Waals surface area contributed by atoms with Gasteiger partial charge in [-0.2, -0.15) is 5.10 Å². The highest BCUT2D eigenvalue weighted by Gasteiger charge is 2.42. The Morgan fingerprint density at radius 1 is 1.44 bits per heavy atom. The first-order valence-corrected chi connectivity index (χ1v) is 6.03. The van der Waals surface area contributed by atoms with E-state index < -0.39 is 5.60 Å². The lowest BCUT2D eigenvalue weighted by Crippen LogP contribution is -2.30. The minimum absolute atomic E-state index is 0.256. The predicted molar refractivity (Wildman–Crippen MR) is 62.0 cm³/mol. The van der Waals surface area contributed by atoms with Gasteiger partial charge in [-0.25, -0.2) is 4.98 Å². The van der Waals surface area contributed by atoms with Crippen LogP contribution in [0, 0.1) is 5.41 Å². The third-order valence-corrected chi connectivity index (χ3v) is 3.56. The van der Waals surface area contributed by atoms with E-state index in [2.05, 4.69) is 23.9 Å². The van der Waals surface area contributed by atoms with Crippen LogP contribution in [-0.4, -0.2) is 25.5 Å². The topological polar surface area (TPSA) is 50.9 Å². The molecule has 1 unspecified atom stereocenters. The van der Waals surface area contributed by atoms with E-state index in [0.29, 0.717) is 6.42 Å². The monoisotopic (exact) mass is 223 g/mol. The van der Waals surface area contributed by atoms with Gasteiger partial charge in [-0.1, -0.05) is 13.8 Å². The maximum Gasteiger partial charge on any atom is 0.138 e. The van der Waals surface area contributed by atoms with E-state index >= 15 is 0 Å². The fourth-order valence-corrected chi connectivity index (χ4v) is 2.77. The van der Waals surface area contributed by atoms with Crippen LogP contribution in [0.3, 0.4) is 0 Å². The van der Waals surface area contributed by atoms with Gasteiger partial charge in [-0.15, -0.1) is 0 Å². The lowest BCUT2D eigenvalue weighted by Gasteiger charge is -2.24. The van der Waals surface area contributed by atoms with Crippen LogP contribution < -0.4 is 0 Å². The van der Waals surface area contributed by atoms with E-state index in [1.807, 2.05) is 11.6 Å². The average Bonchev–Trinajstić information content (AvgIpc) is 2.71. The second-order valence-corrected chi connectivity index (χ2v) is 5.73. The van der Waals surface area contributed by atoms with E-state index in [-0.39, 0.29) is 5.41 Å². The molecular weight excluding hydrogens is 202 g/mol. The van der Waals surface area contributed by atoms with Crippen molar-refractivity contribution in [2.75, 3.05) is 0 Å². The van der Waals surface area contributed by atoms with Crippen molar-refractivity contribution in [3.05, 3.63) is 12.2 Å². The van der Waals surface area contributed by atoms with Gasteiger partial charge >= 0.3 is 0 Å². The Balaban J connectivity index is 2.10. The SMILES string of the molecule is CCn1ncnc1CC1(O)CCC(C)(C)C1. The summed E-state index contributed by atoms with van der Waals surface area (Å²) < 4.78 is 1.86. The molecule has 1 N–H and O–H groups in total. The number of aliphatic hydroxyl groups is 1. The standard InChI is InChI=1S/C12H21N3O/c1-4-15-10(13-9-14-15)7-12(16)6-5-11(2,3)8-12/h9,16H,4-8H2,1-3H3. The maximum absolute atomic E-state index is 10.5. The van der Waals surface area contributed by atoms with Gasteiger partial charge in [0.05, 0.1) is 5.60 Å². The number of nitrogens with zero attached hydrogens (tertiary/aromatic N) is 3. The number of aromatic nitrogens is 3. The van der Waals surface area contributed by atoms with Gasteiger partial charge in [0.25, 0.3) is 0 Å². The molecule has 0 radical (unpaired) electrons. The number of rotatable bonds is 3. The zero-order valence-electron chi connectivity index (χ0n) is 10.4. The molecule has 1 aliphatic carbocycles. The predicted octanol–water partition coefficient (Wildman–Crippen LogP) is 1.78. The molecule has 0 aliphatic heterocycles. The molecule has 1 atom stereocenters. The van der Waals surface area contributed by atoms with Gasteiger partial charge in [0.15, 0.2) is 0 Å². The molecule has 1 aromatic rings. The van der Waals surface area contributed by atoms with Crippen molar-refractivity contribution in [2.24, 2.45) is 5.41 Å². The smallest absolute Gasteiger partial charge is 0.138 e. The number of aryl methyl sites for hydroxylation is 1. The highest BCUT2D eigenvalue weighted by molar-refractivity contribution is 5.01. The normalized spacial score (nSPS) is 28.5. The summed E-state index contributed by atoms with van der Waals surface area (Å²) in [6, 6.07) is 0. The van der Waals surface area contributed by atoms with E-state index in [9.17, 15) is 5.11 Å². The Morgan fingerprint density at radius 2 is 2.19 bits per heavy atom. The average molecular weight is 223 g/mol. The number of hydrogen-bond donors (Lipinski definition) is 1. The summed E-state index contributed by atoms with van der Waals surface area (Å²) in [4.78, 5) is 4.24. The van der Waals surface area contributed by atoms with Crippen molar-refractivity contribution in [3.63, 3.8) is 0 Å². The Labute approximate surface area is 96.7 Å². The molecule has 16 heavy (non-hydrogen) atoms. The molecule has 1 heterocycles. The largest absolute Gasteiger partial charge is 0.389 e. The highest BCUT2D eigenvalue weighted by Crippen LogP contribution is 2.44. The Morgan fingerprint density at radius 3 is 2.75 bits per heavy atom. The van der Waals surface area contributed by atoms with Crippen LogP contribution >= 0.6 is 0 Å². The van der Waals surface area contributed by atoms with E-state index in [1.54, 1.807) is 6.33 Å². The van der Waals surface area contributed by atoms with E-state index in [1.165, 1.54) is 0 Å². The van der Waals surface area contributed by atoms with Crippen LogP contribution in [0.25, 0.3) is 0 Å². The Hall–Kier alpha value is -0.900. The third-order valence-electron chi connectivity index (χ3n) is 3.56. The molecule has 1 fully saturated rings. The molecule has 4 nitrogen and oxygen atoms in total. The van der Waals surface area contributed by atoms with Crippen molar-refractivity contribution in [1.29, 1.82) is 0 Å². The minimum Gasteiger partial charge on any atom is -0.389 e. The third kappa shape index (κ3) is 2.26. The summed E-state index contributed by atoms with van der Waals surface area (Å²) in [5.41, 5.74) is -0.324. The van der Waals surface area contributed by atoms with Crippen molar-refractivity contribution >= 4 is 0 Å². The second kappa shape index (κ2) is 3.84. The van der Waals surface area contributed by atoms with E-state index in [0.717, 1.165) is 31.6 Å². The summed E-state index contributed by atoms with van der Waals surface area (Å²) in [5, 5.41) is 14.7. The molecular formula is C12H21N3O. The molecule has 0 saturated heterocycles. The van der Waals surface area contributed by atoms with Crippen LogP contribution in [0.15, 0.2) is 6.33 Å². The van der Waals surface area contributed by atoms with Crippen molar-refractivity contribution in [2.45, 2.75) is 58.6 Å². The first kappa shape index (κ1) is 11.6. The summed E-state index contributed by atoms with van der Waals surface area (Å²) in [6.45, 7) is 7.29. The molecule has 2 rings (SSSR count). The van der Waals surface area contributed by atoms with Crippen LogP contribution in [0.4, 0.5) is 0 Å². The second-order valence-electron chi connectivity index (χ2n) is 5.73. The fourth-order valence-electron chi connectivity index (χ4n) is 2.77. The van der Waals surface area contributed by atoms with Gasteiger partial charge in [0, 0.05) is 13.0 Å². The summed E-state index contributed by atoms with van der Waals surface area (Å²) in [5.74, 6) is 0.905. The summed E-state index contributed by atoms with van der Waals surface area (Å²) in [7, 11) is 0. The van der Waals surface area contributed by atoms with Gasteiger partial charge < -0.3 is 5.11 Å². The quantitative estimate of drug-likeness (QED) is 0.849. The van der Waals surface area contributed by atoms with Crippen LogP contribution in [0.2, 0.25) is 0 Å². The van der Waals surface area contributed by atoms with Crippen molar-refractivity contribution < 1.29 is 5.11 Å². The molecule has 4 heteroatoms. The Kier molecular flexibility index (Phi) is 2.78. The fraction of sp³-hybridized carbons (Fsp3) is 0.833. The van der Waals surface area contributed by atoms with Gasteiger partial charge in [0.1, 0.15) is 12.2 Å². The van der Waals surface area contributed by atoms with Gasteiger partial charge in [0.2, 0.25) is 0 Å². The zero-order chi connectivity index (χ0) is 11.8. The van der Waals surface area contributed by atoms with Crippen molar-refractivity contribution in [3.8, 4) is 0 Å². The lowest BCUT2D eigenvalue weighted by atomic mass is 9.88. The van der Waals surface area contributed by atoms with Crippen LogP contribution in [-0.2, 0) is 13.0 Å². The zero-order valence-corrected chi connectivity index (χ0v) is 10.4. The van der Waals surface area contributed by atoms with Crippen LogP contribution in [0.5, 0.6) is 0 Å². The molecule has 0 spiro atoms. The highest BCUT2D eigenvalue weighted by atomic mass is 16.3. The minimum atomic E-state index is -0.580. The van der Waals surface area contributed by atoms with Crippen LogP contribution in [0.1, 0.15) is 45.9 Å².